The second-order valence-electron chi connectivity index (χ2n) is 5.09. The van der Waals surface area contributed by atoms with Crippen LogP contribution in [0.1, 0.15) is 41.3 Å². The highest BCUT2D eigenvalue weighted by Crippen LogP contribution is 2.17. The van der Waals surface area contributed by atoms with Gasteiger partial charge in [0.25, 0.3) is 5.91 Å². The molecule has 0 atom stereocenters. The van der Waals surface area contributed by atoms with Crippen molar-refractivity contribution in [3.63, 3.8) is 0 Å². The number of nitrogens with one attached hydrogen (secondary N) is 1. The number of anilines is 1. The predicted octanol–water partition coefficient (Wildman–Crippen LogP) is 3.52. The first-order valence-electron chi connectivity index (χ1n) is 6.81. The first kappa shape index (κ1) is 14.3. The molecule has 2 aromatic carbocycles. The van der Waals surface area contributed by atoms with Gasteiger partial charge in [0.15, 0.2) is 0 Å². The molecule has 3 N–H and O–H groups in total. The van der Waals surface area contributed by atoms with Crippen molar-refractivity contribution in [2.75, 3.05) is 5.32 Å². The van der Waals surface area contributed by atoms with E-state index >= 15 is 0 Å². The molecule has 0 aliphatic carbocycles. The van der Waals surface area contributed by atoms with Gasteiger partial charge in [-0.05, 0) is 35.2 Å². The summed E-state index contributed by atoms with van der Waals surface area (Å²) in [6.07, 6.45) is 0. The predicted molar refractivity (Wildman–Crippen MR) is 82.8 cm³/mol. The van der Waals surface area contributed by atoms with E-state index in [1.165, 1.54) is 5.56 Å². The van der Waals surface area contributed by atoms with Gasteiger partial charge in [-0.15, -0.1) is 0 Å². The third-order valence-corrected chi connectivity index (χ3v) is 3.33. The first-order valence-corrected chi connectivity index (χ1v) is 6.81. The topological polar surface area (TPSA) is 55.1 Å². The zero-order valence-electron chi connectivity index (χ0n) is 11.9. The van der Waals surface area contributed by atoms with Crippen LogP contribution in [0, 0.1) is 0 Å². The maximum atomic E-state index is 12.2. The maximum Gasteiger partial charge on any atom is 0.255 e. The number of rotatable bonds is 4. The summed E-state index contributed by atoms with van der Waals surface area (Å²) >= 11 is 0. The van der Waals surface area contributed by atoms with Gasteiger partial charge in [-0.25, -0.2) is 0 Å². The van der Waals surface area contributed by atoms with Crippen molar-refractivity contribution in [1.29, 1.82) is 0 Å². The molecule has 0 aliphatic rings. The Balaban J connectivity index is 2.15. The van der Waals surface area contributed by atoms with Crippen molar-refractivity contribution in [3.05, 3.63) is 65.2 Å². The van der Waals surface area contributed by atoms with Crippen LogP contribution < -0.4 is 11.1 Å². The number of para-hydroxylation sites is 1. The van der Waals surface area contributed by atoms with Crippen molar-refractivity contribution in [2.45, 2.75) is 26.3 Å². The van der Waals surface area contributed by atoms with Crippen molar-refractivity contribution >= 4 is 11.6 Å². The molecule has 1 amide bonds. The van der Waals surface area contributed by atoms with Gasteiger partial charge in [0.1, 0.15) is 0 Å². The lowest BCUT2D eigenvalue weighted by molar-refractivity contribution is 0.102. The summed E-state index contributed by atoms with van der Waals surface area (Å²) in [5.41, 5.74) is 9.25. The third kappa shape index (κ3) is 3.25. The molecule has 0 radical (unpaired) electrons. The second kappa shape index (κ2) is 6.35. The fourth-order valence-electron chi connectivity index (χ4n) is 2.03. The molecule has 2 rings (SSSR count). The molecule has 3 nitrogen and oxygen atoms in total. The second-order valence-corrected chi connectivity index (χ2v) is 5.09. The maximum absolute atomic E-state index is 12.2. The Labute approximate surface area is 119 Å². The number of benzene rings is 2. The molecular formula is C17H20N2O. The highest BCUT2D eigenvalue weighted by Gasteiger charge is 2.08. The zero-order valence-corrected chi connectivity index (χ0v) is 11.9. The summed E-state index contributed by atoms with van der Waals surface area (Å²) in [5.74, 6) is 0.353. The molecular weight excluding hydrogens is 248 g/mol. The Morgan fingerprint density at radius 1 is 1.10 bits per heavy atom. The monoisotopic (exact) mass is 268 g/mol. The van der Waals surface area contributed by atoms with Gasteiger partial charge in [-0.3, -0.25) is 4.79 Å². The fraction of sp³-hybridized carbons (Fsp3) is 0.235. The van der Waals surface area contributed by atoms with Gasteiger partial charge < -0.3 is 11.1 Å². The third-order valence-electron chi connectivity index (χ3n) is 3.33. The summed E-state index contributed by atoms with van der Waals surface area (Å²) in [5, 5.41) is 2.91. The number of carbonyl (C=O) groups excluding carboxylic acids is 1. The number of nitrogens with two attached hydrogens (primary N) is 1. The van der Waals surface area contributed by atoms with Crippen LogP contribution in [0.15, 0.2) is 48.5 Å². The fourth-order valence-corrected chi connectivity index (χ4v) is 2.03. The largest absolute Gasteiger partial charge is 0.326 e. The molecule has 20 heavy (non-hydrogen) atoms. The van der Waals surface area contributed by atoms with Gasteiger partial charge in [0.2, 0.25) is 0 Å². The molecule has 3 heteroatoms. The number of amides is 1. The standard InChI is InChI=1S/C17H20N2O/c1-12(2)13-7-9-14(10-8-13)17(20)19-16-6-4-3-5-15(16)11-18/h3-10,12H,11,18H2,1-2H3,(H,19,20). The van der Waals surface area contributed by atoms with Crippen LogP contribution in [0.5, 0.6) is 0 Å². The normalized spacial score (nSPS) is 10.6. The highest BCUT2D eigenvalue weighted by atomic mass is 16.1. The molecule has 0 aliphatic heterocycles. The summed E-state index contributed by atoms with van der Waals surface area (Å²) in [6.45, 7) is 4.67. The molecule has 104 valence electrons. The molecule has 0 unspecified atom stereocenters. The van der Waals surface area contributed by atoms with E-state index in [4.69, 9.17) is 5.73 Å². The number of carbonyl (C=O) groups is 1. The summed E-state index contributed by atoms with van der Waals surface area (Å²) in [4.78, 5) is 12.2. The van der Waals surface area contributed by atoms with Crippen molar-refractivity contribution in [1.82, 2.24) is 0 Å². The van der Waals surface area contributed by atoms with Crippen LogP contribution in [0.3, 0.4) is 0 Å². The van der Waals surface area contributed by atoms with E-state index in [-0.39, 0.29) is 5.91 Å². The minimum absolute atomic E-state index is 0.110. The van der Waals surface area contributed by atoms with Gasteiger partial charge in [-0.1, -0.05) is 44.2 Å². The Bertz CT molecular complexity index is 588. The van der Waals surface area contributed by atoms with Crippen LogP contribution in [0.4, 0.5) is 5.69 Å². The summed E-state index contributed by atoms with van der Waals surface area (Å²) < 4.78 is 0. The molecule has 0 spiro atoms. The van der Waals surface area contributed by atoms with Crippen molar-refractivity contribution in [3.8, 4) is 0 Å². The van der Waals surface area contributed by atoms with E-state index < -0.39 is 0 Å². The molecule has 0 bridgehead atoms. The van der Waals surface area contributed by atoms with Gasteiger partial charge in [-0.2, -0.15) is 0 Å². The lowest BCUT2D eigenvalue weighted by Gasteiger charge is -2.10. The molecule has 0 heterocycles. The lowest BCUT2D eigenvalue weighted by atomic mass is 10.0. The molecule has 0 fully saturated rings. The van der Waals surface area contributed by atoms with Gasteiger partial charge in [0.05, 0.1) is 0 Å². The van der Waals surface area contributed by atoms with E-state index in [0.717, 1.165) is 11.3 Å². The SMILES string of the molecule is CC(C)c1ccc(C(=O)Nc2ccccc2CN)cc1. The Kier molecular flexibility index (Phi) is 4.53. The first-order chi connectivity index (χ1) is 9.61. The van der Waals surface area contributed by atoms with Crippen LogP contribution in [0.25, 0.3) is 0 Å². The molecule has 2 aromatic rings. The Morgan fingerprint density at radius 3 is 2.35 bits per heavy atom. The van der Waals surface area contributed by atoms with Crippen molar-refractivity contribution in [2.24, 2.45) is 5.73 Å². The quantitative estimate of drug-likeness (QED) is 0.891. The van der Waals surface area contributed by atoms with E-state index in [1.807, 2.05) is 48.5 Å². The molecule has 0 aromatic heterocycles. The Morgan fingerprint density at radius 2 is 1.75 bits per heavy atom. The molecule has 0 saturated carbocycles. The number of hydrogen-bond acceptors (Lipinski definition) is 2. The van der Waals surface area contributed by atoms with E-state index in [1.54, 1.807) is 0 Å². The van der Waals surface area contributed by atoms with Crippen LogP contribution in [-0.2, 0) is 6.54 Å². The molecule has 0 saturated heterocycles. The van der Waals surface area contributed by atoms with Crippen LogP contribution >= 0.6 is 0 Å². The summed E-state index contributed by atoms with van der Waals surface area (Å²) in [6, 6.07) is 15.3. The lowest BCUT2D eigenvalue weighted by Crippen LogP contribution is -2.14. The minimum Gasteiger partial charge on any atom is -0.326 e. The number of hydrogen-bond donors (Lipinski definition) is 2. The Hall–Kier alpha value is -2.13. The van der Waals surface area contributed by atoms with Gasteiger partial charge in [0, 0.05) is 17.8 Å². The summed E-state index contributed by atoms with van der Waals surface area (Å²) in [7, 11) is 0. The van der Waals surface area contributed by atoms with Crippen LogP contribution in [0.2, 0.25) is 0 Å². The average molecular weight is 268 g/mol. The van der Waals surface area contributed by atoms with Crippen molar-refractivity contribution < 1.29 is 4.79 Å². The van der Waals surface area contributed by atoms with Crippen LogP contribution in [-0.4, -0.2) is 5.91 Å². The van der Waals surface area contributed by atoms with E-state index in [0.29, 0.717) is 18.0 Å². The minimum atomic E-state index is -0.110. The zero-order chi connectivity index (χ0) is 14.5. The average Bonchev–Trinajstić information content (AvgIpc) is 2.48. The smallest absolute Gasteiger partial charge is 0.255 e. The van der Waals surface area contributed by atoms with Gasteiger partial charge >= 0.3 is 0 Å². The van der Waals surface area contributed by atoms with E-state index in [2.05, 4.69) is 19.2 Å². The highest BCUT2D eigenvalue weighted by molar-refractivity contribution is 6.04. The van der Waals surface area contributed by atoms with E-state index in [9.17, 15) is 4.79 Å².